The van der Waals surface area contributed by atoms with Gasteiger partial charge in [0.2, 0.25) is 0 Å². The smallest absolute Gasteiger partial charge is 0.135 e. The third-order valence-electron chi connectivity index (χ3n) is 3.33. The van der Waals surface area contributed by atoms with Gasteiger partial charge in [-0.3, -0.25) is 0 Å². The van der Waals surface area contributed by atoms with Gasteiger partial charge in [0.1, 0.15) is 16.8 Å². The predicted octanol–water partition coefficient (Wildman–Crippen LogP) is 4.69. The van der Waals surface area contributed by atoms with E-state index in [1.165, 1.54) is 5.56 Å². The molecule has 0 fully saturated rings. The van der Waals surface area contributed by atoms with Gasteiger partial charge in [0.25, 0.3) is 0 Å². The summed E-state index contributed by atoms with van der Waals surface area (Å²) in [6.07, 6.45) is 2.09. The first-order chi connectivity index (χ1) is 10.0. The average Bonchev–Trinajstić information content (AvgIpc) is 2.45. The number of aryl methyl sites for hydroxylation is 1. The zero-order valence-corrected chi connectivity index (χ0v) is 13.6. The Bertz CT molecular complexity index is 570. The van der Waals surface area contributed by atoms with E-state index in [2.05, 4.69) is 60.3 Å². The van der Waals surface area contributed by atoms with Crippen LogP contribution in [0.25, 0.3) is 0 Å². The maximum Gasteiger partial charge on any atom is 0.135 e. The van der Waals surface area contributed by atoms with E-state index in [9.17, 15) is 0 Å². The number of halogens is 1. The van der Waals surface area contributed by atoms with Crippen LogP contribution in [0.5, 0.6) is 0 Å². The highest BCUT2D eigenvalue weighted by Crippen LogP contribution is 2.18. The van der Waals surface area contributed by atoms with Crippen LogP contribution in [0.3, 0.4) is 0 Å². The van der Waals surface area contributed by atoms with Gasteiger partial charge in [-0.25, -0.2) is 9.97 Å². The monoisotopic (exact) mass is 303 g/mol. The summed E-state index contributed by atoms with van der Waals surface area (Å²) >= 11 is 6.06. The van der Waals surface area contributed by atoms with Crippen molar-refractivity contribution in [3.63, 3.8) is 0 Å². The Morgan fingerprint density at radius 3 is 2.48 bits per heavy atom. The molecular weight excluding hydrogens is 282 g/mol. The Morgan fingerprint density at radius 1 is 1.10 bits per heavy atom. The summed E-state index contributed by atoms with van der Waals surface area (Å²) in [4.78, 5) is 8.77. The summed E-state index contributed by atoms with van der Waals surface area (Å²) in [5, 5.41) is 3.90. The maximum atomic E-state index is 6.06. The minimum atomic E-state index is 0.267. The molecule has 0 saturated heterocycles. The Labute approximate surface area is 131 Å². The van der Waals surface area contributed by atoms with Crippen LogP contribution in [0.1, 0.15) is 44.5 Å². The van der Waals surface area contributed by atoms with Crippen molar-refractivity contribution in [2.24, 2.45) is 0 Å². The standard InChI is InChI=1S/C17H22ClN3/c1-12(2)17-20-15(18)11-16(21-17)19-13(3)9-10-14-7-5-4-6-8-14/h4-8,11-13H,9-10H2,1-3H3,(H,19,20,21). The summed E-state index contributed by atoms with van der Waals surface area (Å²) in [5.74, 6) is 1.85. The highest BCUT2D eigenvalue weighted by molar-refractivity contribution is 6.29. The number of nitrogens with zero attached hydrogens (tertiary/aromatic N) is 2. The van der Waals surface area contributed by atoms with Crippen molar-refractivity contribution in [2.75, 3.05) is 5.32 Å². The molecule has 2 rings (SSSR count). The van der Waals surface area contributed by atoms with Crippen LogP contribution < -0.4 is 5.32 Å². The number of hydrogen-bond acceptors (Lipinski definition) is 3. The van der Waals surface area contributed by atoms with Crippen LogP contribution in [0.2, 0.25) is 5.15 Å². The second-order valence-electron chi connectivity index (χ2n) is 5.66. The molecule has 4 heteroatoms. The van der Waals surface area contributed by atoms with Gasteiger partial charge in [-0.15, -0.1) is 0 Å². The molecule has 1 aromatic carbocycles. The van der Waals surface area contributed by atoms with Gasteiger partial charge < -0.3 is 5.32 Å². The lowest BCUT2D eigenvalue weighted by Crippen LogP contribution is -2.17. The van der Waals surface area contributed by atoms with E-state index in [1.807, 2.05) is 6.07 Å². The molecule has 1 unspecified atom stereocenters. The Kier molecular flexibility index (Phi) is 5.57. The van der Waals surface area contributed by atoms with Crippen molar-refractivity contribution >= 4 is 17.4 Å². The number of anilines is 1. The summed E-state index contributed by atoms with van der Waals surface area (Å²) in [6, 6.07) is 12.6. The van der Waals surface area contributed by atoms with Crippen molar-refractivity contribution in [3.05, 3.63) is 52.9 Å². The molecule has 3 nitrogen and oxygen atoms in total. The summed E-state index contributed by atoms with van der Waals surface area (Å²) in [6.45, 7) is 6.29. The van der Waals surface area contributed by atoms with E-state index >= 15 is 0 Å². The topological polar surface area (TPSA) is 37.8 Å². The lowest BCUT2D eigenvalue weighted by atomic mass is 10.1. The fourth-order valence-corrected chi connectivity index (χ4v) is 2.31. The Morgan fingerprint density at radius 2 is 1.81 bits per heavy atom. The minimum absolute atomic E-state index is 0.267. The third-order valence-corrected chi connectivity index (χ3v) is 3.53. The van der Waals surface area contributed by atoms with Crippen LogP contribution in [0.4, 0.5) is 5.82 Å². The molecule has 0 saturated carbocycles. The first-order valence-corrected chi connectivity index (χ1v) is 7.77. The second kappa shape index (κ2) is 7.41. The third kappa shape index (κ3) is 5.01. The molecule has 2 aromatic rings. The second-order valence-corrected chi connectivity index (χ2v) is 6.05. The number of aromatic nitrogens is 2. The SMILES string of the molecule is CC(CCc1ccccc1)Nc1cc(Cl)nc(C(C)C)n1. The summed E-state index contributed by atoms with van der Waals surface area (Å²) in [7, 11) is 0. The molecule has 0 bridgehead atoms. The fourth-order valence-electron chi connectivity index (χ4n) is 2.12. The van der Waals surface area contributed by atoms with E-state index in [1.54, 1.807) is 6.07 Å². The molecule has 1 atom stereocenters. The Hall–Kier alpha value is -1.61. The van der Waals surface area contributed by atoms with E-state index in [-0.39, 0.29) is 5.92 Å². The first-order valence-electron chi connectivity index (χ1n) is 7.39. The van der Waals surface area contributed by atoms with Crippen molar-refractivity contribution in [1.82, 2.24) is 9.97 Å². The molecule has 0 spiro atoms. The number of hydrogen-bond donors (Lipinski definition) is 1. The minimum Gasteiger partial charge on any atom is -0.367 e. The number of nitrogens with one attached hydrogen (secondary N) is 1. The number of rotatable bonds is 6. The fraction of sp³-hybridized carbons (Fsp3) is 0.412. The Balaban J connectivity index is 1.94. The lowest BCUT2D eigenvalue weighted by molar-refractivity contribution is 0.697. The van der Waals surface area contributed by atoms with Gasteiger partial charge in [-0.05, 0) is 25.3 Å². The van der Waals surface area contributed by atoms with Crippen molar-refractivity contribution in [3.8, 4) is 0 Å². The lowest BCUT2D eigenvalue weighted by Gasteiger charge is -2.16. The van der Waals surface area contributed by atoms with Gasteiger partial charge in [0.05, 0.1) is 0 Å². The zero-order chi connectivity index (χ0) is 15.2. The molecule has 1 aromatic heterocycles. The van der Waals surface area contributed by atoms with Gasteiger partial charge in [0.15, 0.2) is 0 Å². The summed E-state index contributed by atoms with van der Waals surface area (Å²) in [5.41, 5.74) is 1.36. The molecule has 0 radical (unpaired) electrons. The molecule has 0 aliphatic rings. The molecule has 21 heavy (non-hydrogen) atoms. The van der Waals surface area contributed by atoms with E-state index in [4.69, 9.17) is 11.6 Å². The normalized spacial score (nSPS) is 12.4. The van der Waals surface area contributed by atoms with Crippen molar-refractivity contribution in [2.45, 2.75) is 45.6 Å². The molecule has 1 N–H and O–H groups in total. The molecule has 0 aliphatic carbocycles. The van der Waals surface area contributed by atoms with Crippen LogP contribution in [-0.2, 0) is 6.42 Å². The predicted molar refractivity (Wildman–Crippen MR) is 89.0 cm³/mol. The van der Waals surface area contributed by atoms with Crippen LogP contribution in [0, 0.1) is 0 Å². The quantitative estimate of drug-likeness (QED) is 0.787. The molecule has 0 amide bonds. The molecule has 1 heterocycles. The maximum absolute atomic E-state index is 6.06. The van der Waals surface area contributed by atoms with Crippen molar-refractivity contribution < 1.29 is 0 Å². The molecule has 0 aliphatic heterocycles. The van der Waals surface area contributed by atoms with Gasteiger partial charge in [-0.1, -0.05) is 55.8 Å². The van der Waals surface area contributed by atoms with Gasteiger partial charge in [0, 0.05) is 18.0 Å². The van der Waals surface area contributed by atoms with E-state index in [0.717, 1.165) is 24.5 Å². The van der Waals surface area contributed by atoms with E-state index < -0.39 is 0 Å². The zero-order valence-electron chi connectivity index (χ0n) is 12.8. The average molecular weight is 304 g/mol. The van der Waals surface area contributed by atoms with Gasteiger partial charge in [-0.2, -0.15) is 0 Å². The van der Waals surface area contributed by atoms with Gasteiger partial charge >= 0.3 is 0 Å². The van der Waals surface area contributed by atoms with Crippen molar-refractivity contribution in [1.29, 1.82) is 0 Å². The highest BCUT2D eigenvalue weighted by atomic mass is 35.5. The summed E-state index contributed by atoms with van der Waals surface area (Å²) < 4.78 is 0. The van der Waals surface area contributed by atoms with Crippen LogP contribution in [0.15, 0.2) is 36.4 Å². The first kappa shape index (κ1) is 15.8. The van der Waals surface area contributed by atoms with E-state index in [0.29, 0.717) is 11.2 Å². The molecular formula is C17H22ClN3. The van der Waals surface area contributed by atoms with Crippen LogP contribution >= 0.6 is 11.6 Å². The number of benzene rings is 1. The molecule has 112 valence electrons. The van der Waals surface area contributed by atoms with Crippen LogP contribution in [-0.4, -0.2) is 16.0 Å². The highest BCUT2D eigenvalue weighted by Gasteiger charge is 2.09. The largest absolute Gasteiger partial charge is 0.367 e.